The van der Waals surface area contributed by atoms with E-state index in [0.29, 0.717) is 25.6 Å². The van der Waals surface area contributed by atoms with Crippen LogP contribution in [0, 0.1) is 11.6 Å². The van der Waals surface area contributed by atoms with E-state index in [2.05, 4.69) is 20.7 Å². The lowest BCUT2D eigenvalue weighted by molar-refractivity contribution is 0.584. The minimum absolute atomic E-state index is 0. The van der Waals surface area contributed by atoms with Crippen molar-refractivity contribution >= 4 is 29.9 Å². The average Bonchev–Trinajstić information content (AvgIpc) is 3.01. The lowest BCUT2D eigenvalue weighted by Crippen LogP contribution is -2.38. The molecule has 0 spiro atoms. The number of nitrogens with one attached hydrogen (secondary N) is 2. The molecule has 1 aromatic heterocycles. The standard InChI is InChI=1S/C15H19F2N5.HI/c1-2-18-15(19-7-9-22-8-3-6-21-22)20-11-12-10-13(16)4-5-14(12)17;/h3-6,8,10H,2,7,9,11H2,1H3,(H2,18,19,20);1H. The molecule has 0 saturated heterocycles. The van der Waals surface area contributed by atoms with E-state index in [9.17, 15) is 8.78 Å². The molecule has 8 heteroatoms. The molecule has 126 valence electrons. The number of rotatable bonds is 6. The zero-order valence-corrected chi connectivity index (χ0v) is 15.1. The Morgan fingerprint density at radius 2 is 2.13 bits per heavy atom. The zero-order valence-electron chi connectivity index (χ0n) is 12.8. The van der Waals surface area contributed by atoms with Gasteiger partial charge in [0, 0.05) is 31.0 Å². The molecule has 1 aromatic carbocycles. The SMILES string of the molecule is CCNC(=NCc1cc(F)ccc1F)NCCn1cccn1.I. The van der Waals surface area contributed by atoms with Crippen molar-refractivity contribution in [2.75, 3.05) is 13.1 Å². The predicted octanol–water partition coefficient (Wildman–Crippen LogP) is 2.53. The van der Waals surface area contributed by atoms with Crippen molar-refractivity contribution in [1.82, 2.24) is 20.4 Å². The van der Waals surface area contributed by atoms with Crippen LogP contribution in [0.2, 0.25) is 0 Å². The molecule has 0 amide bonds. The molecule has 0 unspecified atom stereocenters. The summed E-state index contributed by atoms with van der Waals surface area (Å²) in [6, 6.07) is 5.21. The summed E-state index contributed by atoms with van der Waals surface area (Å²) >= 11 is 0. The van der Waals surface area contributed by atoms with Crippen LogP contribution in [0.5, 0.6) is 0 Å². The molecule has 0 atom stereocenters. The van der Waals surface area contributed by atoms with Gasteiger partial charge in [-0.05, 0) is 31.2 Å². The van der Waals surface area contributed by atoms with Crippen molar-refractivity contribution in [3.63, 3.8) is 0 Å². The van der Waals surface area contributed by atoms with Gasteiger partial charge in [-0.3, -0.25) is 4.68 Å². The van der Waals surface area contributed by atoms with Crippen molar-refractivity contribution in [2.24, 2.45) is 4.99 Å². The number of aromatic nitrogens is 2. The number of nitrogens with zero attached hydrogens (tertiary/aromatic N) is 3. The van der Waals surface area contributed by atoms with Gasteiger partial charge in [0.15, 0.2) is 5.96 Å². The normalized spacial score (nSPS) is 11.0. The first-order chi connectivity index (χ1) is 10.7. The monoisotopic (exact) mass is 435 g/mol. The lowest BCUT2D eigenvalue weighted by Gasteiger charge is -2.11. The van der Waals surface area contributed by atoms with Crippen LogP contribution in [0.4, 0.5) is 8.78 Å². The summed E-state index contributed by atoms with van der Waals surface area (Å²) in [5.74, 6) is -0.376. The molecular formula is C15H20F2IN5. The third kappa shape index (κ3) is 6.51. The van der Waals surface area contributed by atoms with Crippen molar-refractivity contribution in [3.8, 4) is 0 Å². The Bertz CT molecular complexity index is 616. The molecule has 2 aromatic rings. The second-order valence-corrected chi connectivity index (χ2v) is 4.63. The molecule has 0 bridgehead atoms. The minimum Gasteiger partial charge on any atom is -0.357 e. The highest BCUT2D eigenvalue weighted by molar-refractivity contribution is 14.0. The molecule has 1 heterocycles. The van der Waals surface area contributed by atoms with E-state index >= 15 is 0 Å². The fourth-order valence-electron chi connectivity index (χ4n) is 1.89. The molecule has 0 aliphatic carbocycles. The Hall–Kier alpha value is -1.71. The van der Waals surface area contributed by atoms with E-state index in [4.69, 9.17) is 0 Å². The fourth-order valence-corrected chi connectivity index (χ4v) is 1.89. The first-order valence-electron chi connectivity index (χ1n) is 7.12. The Morgan fingerprint density at radius 3 is 2.83 bits per heavy atom. The second-order valence-electron chi connectivity index (χ2n) is 4.63. The van der Waals surface area contributed by atoms with Gasteiger partial charge in [-0.2, -0.15) is 5.10 Å². The predicted molar refractivity (Wildman–Crippen MR) is 96.8 cm³/mol. The number of guanidine groups is 1. The van der Waals surface area contributed by atoms with Gasteiger partial charge in [0.05, 0.1) is 13.1 Å². The molecule has 0 aliphatic heterocycles. The van der Waals surface area contributed by atoms with Crippen LogP contribution in [0.25, 0.3) is 0 Å². The van der Waals surface area contributed by atoms with E-state index in [1.54, 1.807) is 10.9 Å². The Labute approximate surface area is 151 Å². The Kier molecular flexibility index (Phi) is 8.52. The maximum Gasteiger partial charge on any atom is 0.191 e. The van der Waals surface area contributed by atoms with E-state index < -0.39 is 11.6 Å². The number of aliphatic imine (C=N–C) groups is 1. The number of hydrogen-bond donors (Lipinski definition) is 2. The van der Waals surface area contributed by atoms with Gasteiger partial charge in [0.25, 0.3) is 0 Å². The molecule has 0 saturated carbocycles. The molecule has 2 N–H and O–H groups in total. The van der Waals surface area contributed by atoms with E-state index in [1.165, 1.54) is 0 Å². The van der Waals surface area contributed by atoms with E-state index in [0.717, 1.165) is 18.2 Å². The van der Waals surface area contributed by atoms with Crippen LogP contribution < -0.4 is 10.6 Å². The van der Waals surface area contributed by atoms with Crippen LogP contribution in [0.15, 0.2) is 41.7 Å². The Morgan fingerprint density at radius 1 is 1.30 bits per heavy atom. The number of halogens is 3. The minimum atomic E-state index is -0.469. The quantitative estimate of drug-likeness (QED) is 0.417. The second kappa shape index (κ2) is 10.1. The van der Waals surface area contributed by atoms with Crippen molar-refractivity contribution in [3.05, 3.63) is 53.9 Å². The summed E-state index contributed by atoms with van der Waals surface area (Å²) in [6.45, 7) is 4.00. The average molecular weight is 435 g/mol. The summed E-state index contributed by atoms with van der Waals surface area (Å²) in [6.07, 6.45) is 3.58. The maximum absolute atomic E-state index is 13.6. The maximum atomic E-state index is 13.6. The van der Waals surface area contributed by atoms with Gasteiger partial charge in [-0.25, -0.2) is 13.8 Å². The van der Waals surface area contributed by atoms with E-state index in [-0.39, 0.29) is 36.1 Å². The van der Waals surface area contributed by atoms with Crippen LogP contribution in [-0.2, 0) is 13.1 Å². The molecule has 2 rings (SSSR count). The summed E-state index contributed by atoms with van der Waals surface area (Å²) in [5.41, 5.74) is 0.226. The third-order valence-corrected chi connectivity index (χ3v) is 2.95. The van der Waals surface area contributed by atoms with Gasteiger partial charge in [-0.1, -0.05) is 0 Å². The highest BCUT2D eigenvalue weighted by atomic mass is 127. The first kappa shape index (κ1) is 19.3. The van der Waals surface area contributed by atoms with Gasteiger partial charge in [-0.15, -0.1) is 24.0 Å². The summed E-state index contributed by atoms with van der Waals surface area (Å²) < 4.78 is 28.5. The van der Waals surface area contributed by atoms with Crippen molar-refractivity contribution < 1.29 is 8.78 Å². The van der Waals surface area contributed by atoms with Crippen molar-refractivity contribution in [1.29, 1.82) is 0 Å². The lowest BCUT2D eigenvalue weighted by atomic mass is 10.2. The van der Waals surface area contributed by atoms with Crippen LogP contribution in [0.3, 0.4) is 0 Å². The van der Waals surface area contributed by atoms with Gasteiger partial charge in [0.1, 0.15) is 11.6 Å². The van der Waals surface area contributed by atoms with Gasteiger partial charge >= 0.3 is 0 Å². The summed E-state index contributed by atoms with van der Waals surface area (Å²) in [7, 11) is 0. The highest BCUT2D eigenvalue weighted by Gasteiger charge is 2.04. The highest BCUT2D eigenvalue weighted by Crippen LogP contribution is 2.10. The summed E-state index contributed by atoms with van der Waals surface area (Å²) in [5, 5.41) is 10.3. The van der Waals surface area contributed by atoms with Crippen LogP contribution in [0.1, 0.15) is 12.5 Å². The third-order valence-electron chi connectivity index (χ3n) is 2.95. The smallest absolute Gasteiger partial charge is 0.191 e. The summed E-state index contributed by atoms with van der Waals surface area (Å²) in [4.78, 5) is 4.26. The molecule has 5 nitrogen and oxygen atoms in total. The Balaban J connectivity index is 0.00000264. The van der Waals surface area contributed by atoms with Gasteiger partial charge in [0.2, 0.25) is 0 Å². The zero-order chi connectivity index (χ0) is 15.8. The van der Waals surface area contributed by atoms with Crippen molar-refractivity contribution in [2.45, 2.75) is 20.0 Å². The largest absolute Gasteiger partial charge is 0.357 e. The van der Waals surface area contributed by atoms with Crippen LogP contribution >= 0.6 is 24.0 Å². The number of hydrogen-bond acceptors (Lipinski definition) is 2. The van der Waals surface area contributed by atoms with E-state index in [1.807, 2.05) is 19.2 Å². The molecule has 0 aliphatic rings. The molecular weight excluding hydrogens is 415 g/mol. The molecule has 0 fully saturated rings. The van der Waals surface area contributed by atoms with Gasteiger partial charge < -0.3 is 10.6 Å². The fraction of sp³-hybridized carbons (Fsp3) is 0.333. The number of benzene rings is 1. The van der Waals surface area contributed by atoms with Crippen LogP contribution in [-0.4, -0.2) is 28.8 Å². The first-order valence-corrected chi connectivity index (χ1v) is 7.12. The molecule has 0 radical (unpaired) electrons. The molecule has 23 heavy (non-hydrogen) atoms. The topological polar surface area (TPSA) is 54.2 Å².